The minimum atomic E-state index is -1.07. The number of aliphatic hydroxyl groups excluding tert-OH is 1. The summed E-state index contributed by atoms with van der Waals surface area (Å²) in [4.78, 5) is 44.6. The highest BCUT2D eigenvalue weighted by Crippen LogP contribution is 2.25. The van der Waals surface area contributed by atoms with Crippen molar-refractivity contribution in [3.63, 3.8) is 0 Å². The lowest BCUT2D eigenvalue weighted by atomic mass is 9.92. The Morgan fingerprint density at radius 1 is 1.45 bits per heavy atom. The topological polar surface area (TPSA) is 102 Å². The van der Waals surface area contributed by atoms with Crippen LogP contribution in [0.5, 0.6) is 0 Å². The Balaban J connectivity index is 2.42. The molecule has 0 saturated heterocycles. The summed E-state index contributed by atoms with van der Waals surface area (Å²) >= 11 is 0. The third-order valence-corrected chi connectivity index (χ3v) is 4.10. The van der Waals surface area contributed by atoms with E-state index >= 15 is 0 Å². The van der Waals surface area contributed by atoms with Crippen molar-refractivity contribution in [3.8, 4) is 0 Å². The Kier molecular flexibility index (Phi) is 6.87. The van der Waals surface area contributed by atoms with Gasteiger partial charge in [-0.1, -0.05) is 13.8 Å². The number of hydrogen-bond donors (Lipinski definition) is 1. The molecule has 0 bridgehead atoms. The van der Waals surface area contributed by atoms with Crippen LogP contribution in [0.4, 0.5) is 0 Å². The van der Waals surface area contributed by atoms with Gasteiger partial charge in [-0.2, -0.15) is 0 Å². The van der Waals surface area contributed by atoms with Gasteiger partial charge in [-0.3, -0.25) is 19.2 Å². The summed E-state index contributed by atoms with van der Waals surface area (Å²) < 4.78 is 5.04. The highest BCUT2D eigenvalue weighted by molar-refractivity contribution is 6.01. The maximum Gasteiger partial charge on any atom is 0.306 e. The molecule has 0 aromatic heterocycles. The van der Waals surface area contributed by atoms with E-state index in [1.807, 2.05) is 0 Å². The summed E-state index contributed by atoms with van der Waals surface area (Å²) in [6.07, 6.45) is -0.513. The molecule has 0 heterocycles. The normalized spacial score (nSPS) is 25.8. The Morgan fingerprint density at radius 2 is 2.09 bits per heavy atom. The minimum Gasteiger partial charge on any atom is -0.452 e. The average molecular weight is 313 g/mol. The van der Waals surface area contributed by atoms with Gasteiger partial charge in [0.2, 0.25) is 0 Å². The van der Waals surface area contributed by atoms with E-state index in [4.69, 9.17) is 4.74 Å². The molecule has 0 amide bonds. The van der Waals surface area contributed by atoms with Crippen LogP contribution in [-0.2, 0) is 19.1 Å². The smallest absolute Gasteiger partial charge is 0.306 e. The fourth-order valence-electron chi connectivity index (χ4n) is 2.71. The summed E-state index contributed by atoms with van der Waals surface area (Å²) in [5.41, 5.74) is 0. The molecule has 0 aromatic rings. The van der Waals surface area contributed by atoms with Crippen molar-refractivity contribution >= 4 is 23.3 Å². The van der Waals surface area contributed by atoms with E-state index in [1.165, 1.54) is 6.92 Å². The number of rotatable bonds is 8. The molecular formula is C16H25O6+. The molecule has 4 unspecified atom stereocenters. The van der Waals surface area contributed by atoms with Crippen LogP contribution in [0.25, 0.3) is 0 Å². The maximum atomic E-state index is 11.7. The Bertz CT molecular complexity index is 456. The third kappa shape index (κ3) is 4.73. The predicted octanol–water partition coefficient (Wildman–Crippen LogP) is 1.20. The number of aliphatic hydroxyl groups is 1. The monoisotopic (exact) mass is 313 g/mol. The molecule has 1 saturated carbocycles. The second-order valence-electron chi connectivity index (χ2n) is 5.92. The Labute approximate surface area is 130 Å². The van der Waals surface area contributed by atoms with Gasteiger partial charge in [0.15, 0.2) is 11.9 Å². The molecule has 1 rings (SSSR count). The molecule has 0 aromatic carbocycles. The molecule has 0 radical (unpaired) electrons. The standard InChI is InChI=1S/C16H24O6/c1-4-12(18)11(10(3)17)6-5-7-14(20)22-16-13(19)8-9(2)15(16)21/h9,11,13,16,19H,4-8H2,1-3H3/p+1. The molecule has 0 spiro atoms. The molecule has 1 aliphatic carbocycles. The van der Waals surface area contributed by atoms with E-state index in [0.29, 0.717) is 25.7 Å². The molecule has 22 heavy (non-hydrogen) atoms. The lowest BCUT2D eigenvalue weighted by Gasteiger charge is -2.14. The number of esters is 1. The van der Waals surface area contributed by atoms with Crippen LogP contribution >= 0.6 is 0 Å². The second kappa shape index (κ2) is 8.17. The number of carbonyl (C=O) groups is 3. The first-order valence-electron chi connectivity index (χ1n) is 7.74. The summed E-state index contributed by atoms with van der Waals surface area (Å²) in [5, 5.41) is 9.69. The average Bonchev–Trinajstić information content (AvgIpc) is 2.69. The van der Waals surface area contributed by atoms with Crippen molar-refractivity contribution in [3.05, 3.63) is 0 Å². The molecular weight excluding hydrogens is 288 g/mol. The number of hydrogen-bond acceptors (Lipinski definition) is 5. The lowest BCUT2D eigenvalue weighted by molar-refractivity contribution is -0.158. The van der Waals surface area contributed by atoms with Gasteiger partial charge in [0.1, 0.15) is 11.7 Å². The van der Waals surface area contributed by atoms with E-state index < -0.39 is 24.1 Å². The highest BCUT2D eigenvalue weighted by atomic mass is 16.6. The van der Waals surface area contributed by atoms with Gasteiger partial charge in [-0.25, -0.2) is 0 Å². The first-order valence-corrected chi connectivity index (χ1v) is 7.74. The molecule has 4 atom stereocenters. The molecule has 124 valence electrons. The predicted molar refractivity (Wildman–Crippen MR) is 79.9 cm³/mol. The van der Waals surface area contributed by atoms with Gasteiger partial charge in [-0.05, 0) is 26.2 Å². The zero-order valence-corrected chi connectivity index (χ0v) is 13.4. The zero-order chi connectivity index (χ0) is 16.9. The quantitative estimate of drug-likeness (QED) is 0.412. The Hall–Kier alpha value is -1.56. The largest absolute Gasteiger partial charge is 0.452 e. The van der Waals surface area contributed by atoms with Crippen LogP contribution in [0.15, 0.2) is 0 Å². The second-order valence-corrected chi connectivity index (χ2v) is 5.92. The molecule has 1 fully saturated rings. The summed E-state index contributed by atoms with van der Waals surface area (Å²) in [6.45, 7) is 4.86. The molecule has 1 aliphatic rings. The van der Waals surface area contributed by atoms with E-state index in [2.05, 4.69) is 0 Å². The molecule has 2 N–H and O–H groups in total. The van der Waals surface area contributed by atoms with Crippen molar-refractivity contribution in [2.75, 3.05) is 0 Å². The zero-order valence-electron chi connectivity index (χ0n) is 13.4. The SMILES string of the molecule is CCC(=[OH+])C(CCCC(=O)OC1C(=O)C(C)CC1O)C(C)=O. The van der Waals surface area contributed by atoms with Crippen LogP contribution in [-0.4, -0.2) is 45.4 Å². The van der Waals surface area contributed by atoms with E-state index in [9.17, 15) is 24.3 Å². The summed E-state index contributed by atoms with van der Waals surface area (Å²) in [5.74, 6) is -1.69. The van der Waals surface area contributed by atoms with Crippen LogP contribution in [0, 0.1) is 11.8 Å². The fourth-order valence-corrected chi connectivity index (χ4v) is 2.71. The number of carbonyl (C=O) groups excluding carboxylic acids is 4. The minimum absolute atomic E-state index is 0.0473. The summed E-state index contributed by atoms with van der Waals surface area (Å²) in [7, 11) is 0. The molecule has 6 nitrogen and oxygen atoms in total. The fraction of sp³-hybridized carbons (Fsp3) is 0.750. The van der Waals surface area contributed by atoms with Gasteiger partial charge >= 0.3 is 11.8 Å². The van der Waals surface area contributed by atoms with Crippen molar-refractivity contribution in [1.82, 2.24) is 0 Å². The first-order chi connectivity index (χ1) is 10.3. The molecule has 0 aliphatic heterocycles. The highest BCUT2D eigenvalue weighted by Gasteiger charge is 2.41. The van der Waals surface area contributed by atoms with Crippen molar-refractivity contribution in [1.29, 1.82) is 0 Å². The first kappa shape index (κ1) is 18.5. The van der Waals surface area contributed by atoms with Crippen molar-refractivity contribution in [2.45, 2.75) is 65.1 Å². The third-order valence-electron chi connectivity index (χ3n) is 4.10. The van der Waals surface area contributed by atoms with E-state index in [1.54, 1.807) is 13.8 Å². The van der Waals surface area contributed by atoms with Crippen LogP contribution < -0.4 is 0 Å². The van der Waals surface area contributed by atoms with Gasteiger partial charge in [-0.15, -0.1) is 0 Å². The number of ether oxygens (including phenoxy) is 1. The maximum absolute atomic E-state index is 11.7. The number of ketones is 3. The summed E-state index contributed by atoms with van der Waals surface area (Å²) in [6, 6.07) is 0. The van der Waals surface area contributed by atoms with E-state index in [0.717, 1.165) is 0 Å². The lowest BCUT2D eigenvalue weighted by Crippen LogP contribution is -2.32. The van der Waals surface area contributed by atoms with Crippen molar-refractivity contribution < 1.29 is 29.0 Å². The van der Waals surface area contributed by atoms with Crippen LogP contribution in [0.1, 0.15) is 52.9 Å². The van der Waals surface area contributed by atoms with E-state index in [-0.39, 0.29) is 29.7 Å². The van der Waals surface area contributed by atoms with Crippen LogP contribution in [0.3, 0.4) is 0 Å². The number of Topliss-reactive ketones (excluding diaryl/α,β-unsaturated/α-hetero) is 2. The van der Waals surface area contributed by atoms with Crippen molar-refractivity contribution in [2.24, 2.45) is 11.8 Å². The van der Waals surface area contributed by atoms with Gasteiger partial charge < -0.3 is 9.84 Å². The van der Waals surface area contributed by atoms with Gasteiger partial charge in [0.25, 0.3) is 0 Å². The Morgan fingerprint density at radius 3 is 2.55 bits per heavy atom. The van der Waals surface area contributed by atoms with Crippen LogP contribution in [0.2, 0.25) is 0 Å². The molecule has 6 heteroatoms. The van der Waals surface area contributed by atoms with Gasteiger partial charge in [0, 0.05) is 12.3 Å². The van der Waals surface area contributed by atoms with Gasteiger partial charge in [0.05, 0.1) is 12.5 Å².